The molecule has 1 unspecified atom stereocenters. The molecule has 2 N–H and O–H groups in total. The Morgan fingerprint density at radius 3 is 2.79 bits per heavy atom. The number of hydrogen-bond donors (Lipinski definition) is 1. The fourth-order valence-corrected chi connectivity index (χ4v) is 3.46. The molecule has 1 aromatic heterocycles. The zero-order valence-corrected chi connectivity index (χ0v) is 11.3. The quantitative estimate of drug-likeness (QED) is 0.894. The van der Waals surface area contributed by atoms with Crippen molar-refractivity contribution >= 4 is 43.2 Å². The zero-order valence-electron chi connectivity index (χ0n) is 7.30. The second kappa shape index (κ2) is 4.35. The Balaban J connectivity index is 2.22. The largest absolute Gasteiger partial charge is 0.501 e. The van der Waals surface area contributed by atoms with Gasteiger partial charge in [-0.3, -0.25) is 0 Å². The van der Waals surface area contributed by atoms with Crippen LogP contribution in [0.1, 0.15) is 17.3 Å². The molecule has 1 aromatic rings. The monoisotopic (exact) mass is 337 g/mol. The molecule has 0 fully saturated rings. The highest BCUT2D eigenvalue weighted by Gasteiger charge is 2.18. The van der Waals surface area contributed by atoms with Crippen LogP contribution in [0.25, 0.3) is 0 Å². The number of ether oxygens (including phenoxy) is 1. The maximum atomic E-state index is 6.10. The van der Waals surface area contributed by atoms with E-state index in [-0.39, 0.29) is 6.04 Å². The molecule has 76 valence electrons. The summed E-state index contributed by atoms with van der Waals surface area (Å²) in [5.41, 5.74) is 7.28. The highest BCUT2D eigenvalue weighted by Crippen LogP contribution is 2.37. The van der Waals surface area contributed by atoms with Crippen LogP contribution < -0.4 is 5.73 Å². The third-order valence-electron chi connectivity index (χ3n) is 2.11. The molecule has 1 aliphatic heterocycles. The summed E-state index contributed by atoms with van der Waals surface area (Å²) in [6, 6.07) is 2.03. The average molecular weight is 339 g/mol. The summed E-state index contributed by atoms with van der Waals surface area (Å²) in [7, 11) is 0. The lowest BCUT2D eigenvalue weighted by molar-refractivity contribution is 0.281. The van der Waals surface area contributed by atoms with Gasteiger partial charge in [-0.2, -0.15) is 0 Å². The highest BCUT2D eigenvalue weighted by molar-refractivity contribution is 9.13. The van der Waals surface area contributed by atoms with Crippen molar-refractivity contribution in [2.45, 2.75) is 12.5 Å². The Morgan fingerprint density at radius 1 is 1.50 bits per heavy atom. The summed E-state index contributed by atoms with van der Waals surface area (Å²) in [5.74, 6) is 0. The minimum absolute atomic E-state index is 0.0231. The van der Waals surface area contributed by atoms with E-state index >= 15 is 0 Å². The molecule has 0 saturated heterocycles. The topological polar surface area (TPSA) is 35.2 Å². The van der Waals surface area contributed by atoms with Crippen molar-refractivity contribution in [2.75, 3.05) is 6.61 Å². The third-order valence-corrected chi connectivity index (χ3v) is 5.45. The Labute approximate surface area is 103 Å². The van der Waals surface area contributed by atoms with Gasteiger partial charge in [-0.1, -0.05) is 0 Å². The van der Waals surface area contributed by atoms with Crippen LogP contribution in [0.3, 0.4) is 0 Å². The molecule has 0 radical (unpaired) electrons. The molecular weight excluding hydrogens is 330 g/mol. The van der Waals surface area contributed by atoms with Gasteiger partial charge in [-0.15, -0.1) is 11.3 Å². The van der Waals surface area contributed by atoms with Crippen molar-refractivity contribution in [3.63, 3.8) is 0 Å². The fourth-order valence-electron chi connectivity index (χ4n) is 1.33. The van der Waals surface area contributed by atoms with Gasteiger partial charge in [0.25, 0.3) is 0 Å². The minimum atomic E-state index is -0.0231. The Bertz CT molecular complexity index is 355. The normalized spacial score (nSPS) is 17.8. The minimum Gasteiger partial charge on any atom is -0.501 e. The smallest absolute Gasteiger partial charge is 0.0912 e. The van der Waals surface area contributed by atoms with Crippen LogP contribution in [-0.2, 0) is 4.74 Å². The first-order valence-corrected chi connectivity index (χ1v) is 6.59. The lowest BCUT2D eigenvalue weighted by atomic mass is 10.1. The summed E-state index contributed by atoms with van der Waals surface area (Å²) < 4.78 is 7.32. The van der Waals surface area contributed by atoms with E-state index < -0.39 is 0 Å². The molecule has 2 rings (SSSR count). The van der Waals surface area contributed by atoms with Gasteiger partial charge >= 0.3 is 0 Å². The molecule has 1 atom stereocenters. The van der Waals surface area contributed by atoms with E-state index in [0.717, 1.165) is 26.2 Å². The average Bonchev–Trinajstić information content (AvgIpc) is 2.76. The first-order chi connectivity index (χ1) is 6.68. The Kier molecular flexibility index (Phi) is 3.31. The zero-order chi connectivity index (χ0) is 10.1. The number of nitrogens with two attached hydrogens (primary N) is 1. The molecule has 14 heavy (non-hydrogen) atoms. The number of halogens is 2. The first kappa shape index (κ1) is 10.7. The van der Waals surface area contributed by atoms with E-state index in [4.69, 9.17) is 10.5 Å². The summed E-state index contributed by atoms with van der Waals surface area (Å²) in [6.07, 6.45) is 2.72. The van der Waals surface area contributed by atoms with Crippen LogP contribution in [0.15, 0.2) is 26.2 Å². The van der Waals surface area contributed by atoms with Gasteiger partial charge in [0.1, 0.15) is 0 Å². The van der Waals surface area contributed by atoms with E-state index in [1.54, 1.807) is 17.6 Å². The second-order valence-electron chi connectivity index (χ2n) is 3.06. The summed E-state index contributed by atoms with van der Waals surface area (Å²) in [4.78, 5) is 1.15. The van der Waals surface area contributed by atoms with Crippen LogP contribution in [-0.4, -0.2) is 6.61 Å². The van der Waals surface area contributed by atoms with Crippen molar-refractivity contribution in [3.05, 3.63) is 31.0 Å². The standard InChI is InChI=1S/C9H9Br2NOS/c10-6-3-7(14-9(6)11)8(12)5-1-2-13-4-5/h3-4,8H,1-2,12H2. The van der Waals surface area contributed by atoms with Crippen LogP contribution in [0.2, 0.25) is 0 Å². The molecule has 0 bridgehead atoms. The van der Waals surface area contributed by atoms with E-state index in [9.17, 15) is 0 Å². The Hall–Kier alpha value is 0.160. The highest BCUT2D eigenvalue weighted by atomic mass is 79.9. The molecule has 1 aliphatic rings. The predicted octanol–water partition coefficient (Wildman–Crippen LogP) is 3.58. The SMILES string of the molecule is NC(C1=COCC1)c1cc(Br)c(Br)s1. The van der Waals surface area contributed by atoms with E-state index in [2.05, 4.69) is 37.9 Å². The number of rotatable bonds is 2. The van der Waals surface area contributed by atoms with Gasteiger partial charge in [-0.25, -0.2) is 0 Å². The van der Waals surface area contributed by atoms with Gasteiger partial charge < -0.3 is 10.5 Å². The van der Waals surface area contributed by atoms with E-state index in [1.807, 2.05) is 0 Å². The lowest BCUT2D eigenvalue weighted by Crippen LogP contribution is -2.10. The van der Waals surface area contributed by atoms with E-state index in [1.165, 1.54) is 5.57 Å². The molecule has 0 aliphatic carbocycles. The molecule has 5 heteroatoms. The second-order valence-corrected chi connectivity index (χ2v) is 6.32. The van der Waals surface area contributed by atoms with Crippen molar-refractivity contribution in [3.8, 4) is 0 Å². The lowest BCUT2D eigenvalue weighted by Gasteiger charge is -2.08. The molecule has 0 saturated carbocycles. The van der Waals surface area contributed by atoms with Gasteiger partial charge in [0.05, 0.1) is 22.7 Å². The van der Waals surface area contributed by atoms with Gasteiger partial charge in [0.2, 0.25) is 0 Å². The van der Waals surface area contributed by atoms with Crippen LogP contribution >= 0.6 is 43.2 Å². The van der Waals surface area contributed by atoms with Crippen molar-refractivity contribution in [1.82, 2.24) is 0 Å². The van der Waals surface area contributed by atoms with Crippen molar-refractivity contribution < 1.29 is 4.74 Å². The molecule has 0 amide bonds. The van der Waals surface area contributed by atoms with E-state index in [0.29, 0.717) is 0 Å². The molecule has 0 spiro atoms. The van der Waals surface area contributed by atoms with Crippen LogP contribution in [0.4, 0.5) is 0 Å². The van der Waals surface area contributed by atoms with Crippen molar-refractivity contribution in [1.29, 1.82) is 0 Å². The van der Waals surface area contributed by atoms with Gasteiger partial charge in [-0.05, 0) is 43.5 Å². The third kappa shape index (κ3) is 2.05. The summed E-state index contributed by atoms with van der Waals surface area (Å²) in [5, 5.41) is 0. The van der Waals surface area contributed by atoms with Gasteiger partial charge in [0.15, 0.2) is 0 Å². The fraction of sp³-hybridized carbons (Fsp3) is 0.333. The maximum Gasteiger partial charge on any atom is 0.0912 e. The molecule has 2 nitrogen and oxygen atoms in total. The molecule has 2 heterocycles. The first-order valence-electron chi connectivity index (χ1n) is 4.19. The van der Waals surface area contributed by atoms with Crippen LogP contribution in [0.5, 0.6) is 0 Å². The predicted molar refractivity (Wildman–Crippen MR) is 65.3 cm³/mol. The van der Waals surface area contributed by atoms with Gasteiger partial charge in [0, 0.05) is 15.8 Å². The Morgan fingerprint density at radius 2 is 2.29 bits per heavy atom. The summed E-state index contributed by atoms with van der Waals surface area (Å²) in [6.45, 7) is 0.761. The van der Waals surface area contributed by atoms with Crippen molar-refractivity contribution in [2.24, 2.45) is 5.73 Å². The number of thiophene rings is 1. The maximum absolute atomic E-state index is 6.10. The molecule has 0 aromatic carbocycles. The van der Waals surface area contributed by atoms with Crippen LogP contribution in [0, 0.1) is 0 Å². The summed E-state index contributed by atoms with van der Waals surface area (Å²) >= 11 is 8.57. The molecular formula is C9H9Br2NOS. The number of hydrogen-bond acceptors (Lipinski definition) is 3.